The Kier molecular flexibility index (Phi) is 5.62. The van der Waals surface area contributed by atoms with Crippen LogP contribution in [-0.2, 0) is 4.74 Å². The van der Waals surface area contributed by atoms with E-state index in [1.54, 1.807) is 0 Å². The Labute approximate surface area is 113 Å². The number of hydrogen-bond acceptors (Lipinski definition) is 3. The lowest BCUT2D eigenvalue weighted by Gasteiger charge is -2.31. The number of rotatable bonds is 5. The number of benzene rings is 1. The molecule has 0 fully saturated rings. The smallest absolute Gasteiger partial charge is 0.338 e. The standard InChI is InChI=1S/C13H21NO2Si2/c1-6-16-13(15)11-7-9-12(10-8-11)14(17(2)3)18(4)5/h7-10H,6H2,1-5H3. The number of carbonyl (C=O) groups is 1. The van der Waals surface area contributed by atoms with E-state index in [0.717, 1.165) is 0 Å². The number of nitrogens with zero attached hydrogens (tertiary/aromatic N) is 1. The second-order valence-electron chi connectivity index (χ2n) is 4.50. The lowest BCUT2D eigenvalue weighted by molar-refractivity contribution is 0.0526. The molecule has 3 nitrogen and oxygen atoms in total. The molecule has 98 valence electrons. The van der Waals surface area contributed by atoms with Gasteiger partial charge in [-0.05, 0) is 31.2 Å². The summed E-state index contributed by atoms with van der Waals surface area (Å²) in [5.74, 6) is -0.243. The van der Waals surface area contributed by atoms with E-state index in [-0.39, 0.29) is 5.97 Å². The summed E-state index contributed by atoms with van der Waals surface area (Å²) in [5.41, 5.74) is 1.85. The van der Waals surface area contributed by atoms with Crippen LogP contribution in [0.4, 0.5) is 5.69 Å². The minimum atomic E-state index is -0.505. The molecule has 0 saturated carbocycles. The molecule has 0 aliphatic rings. The van der Waals surface area contributed by atoms with Gasteiger partial charge in [0.25, 0.3) is 0 Å². The number of carbonyl (C=O) groups excluding carboxylic acids is 1. The van der Waals surface area contributed by atoms with Gasteiger partial charge in [-0.15, -0.1) is 0 Å². The van der Waals surface area contributed by atoms with Crippen LogP contribution in [0.5, 0.6) is 0 Å². The van der Waals surface area contributed by atoms with Crippen LogP contribution in [0, 0.1) is 0 Å². The number of hydrogen-bond donors (Lipinski definition) is 0. The van der Waals surface area contributed by atoms with Crippen molar-refractivity contribution >= 4 is 29.6 Å². The summed E-state index contributed by atoms with van der Waals surface area (Å²) in [6.07, 6.45) is 0. The van der Waals surface area contributed by atoms with Crippen molar-refractivity contribution in [1.82, 2.24) is 0 Å². The van der Waals surface area contributed by atoms with E-state index in [9.17, 15) is 4.79 Å². The van der Waals surface area contributed by atoms with Gasteiger partial charge in [0.2, 0.25) is 0 Å². The fourth-order valence-electron chi connectivity index (χ4n) is 1.92. The van der Waals surface area contributed by atoms with Crippen LogP contribution in [-0.4, -0.2) is 30.5 Å². The van der Waals surface area contributed by atoms with Gasteiger partial charge >= 0.3 is 5.97 Å². The third kappa shape index (κ3) is 3.71. The van der Waals surface area contributed by atoms with Gasteiger partial charge in [0.1, 0.15) is 0 Å². The van der Waals surface area contributed by atoms with E-state index < -0.39 is 17.9 Å². The van der Waals surface area contributed by atoms with Crippen LogP contribution in [0.3, 0.4) is 0 Å². The molecule has 1 rings (SSSR count). The first-order valence-electron chi connectivity index (χ1n) is 6.15. The zero-order valence-corrected chi connectivity index (χ0v) is 13.8. The van der Waals surface area contributed by atoms with Crippen molar-refractivity contribution in [2.75, 3.05) is 10.8 Å². The highest BCUT2D eigenvalue weighted by molar-refractivity contribution is 6.81. The predicted octanol–water partition coefficient (Wildman–Crippen LogP) is 3.17. The molecule has 18 heavy (non-hydrogen) atoms. The maximum absolute atomic E-state index is 11.6. The molecule has 0 bridgehead atoms. The first-order chi connectivity index (χ1) is 8.47. The summed E-state index contributed by atoms with van der Waals surface area (Å²) in [6, 6.07) is 7.77. The molecule has 0 amide bonds. The fourth-order valence-corrected chi connectivity index (χ4v) is 6.83. The number of esters is 1. The Hall–Kier alpha value is -1.08. The molecule has 0 unspecified atom stereocenters. The summed E-state index contributed by atoms with van der Waals surface area (Å²) >= 11 is 0. The van der Waals surface area contributed by atoms with Crippen LogP contribution >= 0.6 is 0 Å². The van der Waals surface area contributed by atoms with Gasteiger partial charge in [-0.3, -0.25) is 0 Å². The highest BCUT2D eigenvalue weighted by atomic mass is 28.3. The van der Waals surface area contributed by atoms with Crippen LogP contribution < -0.4 is 4.23 Å². The minimum absolute atomic E-state index is 0.243. The number of ether oxygens (including phenoxy) is 1. The predicted molar refractivity (Wildman–Crippen MR) is 79.8 cm³/mol. The molecule has 1 aromatic rings. The molecule has 0 spiro atoms. The van der Waals surface area contributed by atoms with Gasteiger partial charge in [-0.1, -0.05) is 26.2 Å². The number of anilines is 1. The van der Waals surface area contributed by atoms with Crippen molar-refractivity contribution in [3.05, 3.63) is 29.8 Å². The van der Waals surface area contributed by atoms with Crippen molar-refractivity contribution in [1.29, 1.82) is 0 Å². The van der Waals surface area contributed by atoms with E-state index in [0.29, 0.717) is 12.2 Å². The van der Waals surface area contributed by atoms with E-state index in [1.807, 2.05) is 31.2 Å². The van der Waals surface area contributed by atoms with Gasteiger partial charge < -0.3 is 8.97 Å². The lowest BCUT2D eigenvalue weighted by Crippen LogP contribution is -2.43. The molecule has 0 N–H and O–H groups in total. The maximum Gasteiger partial charge on any atom is 0.338 e. The van der Waals surface area contributed by atoms with Gasteiger partial charge in [0.05, 0.1) is 12.2 Å². The Morgan fingerprint density at radius 1 is 1.11 bits per heavy atom. The fraction of sp³-hybridized carbons (Fsp3) is 0.462. The average molecular weight is 279 g/mol. The van der Waals surface area contributed by atoms with E-state index >= 15 is 0 Å². The van der Waals surface area contributed by atoms with Crippen LogP contribution in [0.15, 0.2) is 24.3 Å². The first kappa shape index (κ1) is 15.0. The van der Waals surface area contributed by atoms with Crippen molar-refractivity contribution in [3.8, 4) is 0 Å². The Morgan fingerprint density at radius 2 is 1.61 bits per heavy atom. The summed E-state index contributed by atoms with van der Waals surface area (Å²) in [5, 5.41) is 0. The van der Waals surface area contributed by atoms with E-state index in [4.69, 9.17) is 4.74 Å². The summed E-state index contributed by atoms with van der Waals surface area (Å²) in [7, 11) is -1.01. The Balaban J connectivity index is 2.90. The molecular weight excluding hydrogens is 258 g/mol. The first-order valence-corrected chi connectivity index (χ1v) is 11.0. The molecule has 2 radical (unpaired) electrons. The molecule has 0 aliphatic carbocycles. The lowest BCUT2D eigenvalue weighted by atomic mass is 10.2. The SMILES string of the molecule is CCOC(=O)c1ccc(N([Si](C)C)[Si](C)C)cc1. The van der Waals surface area contributed by atoms with Gasteiger partial charge in [0, 0.05) is 5.69 Å². The van der Waals surface area contributed by atoms with E-state index in [2.05, 4.69) is 30.4 Å². The zero-order chi connectivity index (χ0) is 13.7. The highest BCUT2D eigenvalue weighted by Gasteiger charge is 2.17. The molecule has 0 aromatic heterocycles. The summed E-state index contributed by atoms with van der Waals surface area (Å²) < 4.78 is 7.50. The third-order valence-corrected chi connectivity index (χ3v) is 7.52. The van der Waals surface area contributed by atoms with Crippen LogP contribution in [0.25, 0.3) is 0 Å². The Bertz CT molecular complexity index is 382. The van der Waals surface area contributed by atoms with Crippen molar-refractivity contribution < 1.29 is 9.53 Å². The molecular formula is C13H21NO2Si2. The van der Waals surface area contributed by atoms with Crippen molar-refractivity contribution in [3.63, 3.8) is 0 Å². The van der Waals surface area contributed by atoms with Crippen LogP contribution in [0.2, 0.25) is 26.2 Å². The van der Waals surface area contributed by atoms with Gasteiger partial charge in [-0.2, -0.15) is 0 Å². The normalized spacial score (nSPS) is 10.8. The molecule has 0 heterocycles. The highest BCUT2D eigenvalue weighted by Crippen LogP contribution is 2.18. The molecule has 0 aliphatic heterocycles. The molecule has 1 aromatic carbocycles. The van der Waals surface area contributed by atoms with Gasteiger partial charge in [-0.25, -0.2) is 4.79 Å². The summed E-state index contributed by atoms with van der Waals surface area (Å²) in [4.78, 5) is 11.6. The maximum atomic E-state index is 11.6. The second-order valence-corrected chi connectivity index (χ2v) is 9.63. The summed E-state index contributed by atoms with van der Waals surface area (Å²) in [6.45, 7) is 11.4. The van der Waals surface area contributed by atoms with Crippen molar-refractivity contribution in [2.24, 2.45) is 0 Å². The minimum Gasteiger partial charge on any atom is -0.462 e. The third-order valence-electron chi connectivity index (χ3n) is 2.53. The molecule has 0 saturated heterocycles. The molecule has 0 atom stereocenters. The molecule has 5 heteroatoms. The average Bonchev–Trinajstić information content (AvgIpc) is 2.29. The van der Waals surface area contributed by atoms with Crippen LogP contribution in [0.1, 0.15) is 17.3 Å². The monoisotopic (exact) mass is 279 g/mol. The topological polar surface area (TPSA) is 29.5 Å². The van der Waals surface area contributed by atoms with Crippen molar-refractivity contribution in [2.45, 2.75) is 33.1 Å². The zero-order valence-electron chi connectivity index (χ0n) is 11.8. The van der Waals surface area contributed by atoms with Gasteiger partial charge in [0.15, 0.2) is 17.9 Å². The Morgan fingerprint density at radius 3 is 2.00 bits per heavy atom. The van der Waals surface area contributed by atoms with E-state index in [1.165, 1.54) is 5.69 Å². The second kappa shape index (κ2) is 6.75. The quantitative estimate of drug-likeness (QED) is 0.612. The largest absolute Gasteiger partial charge is 0.462 e.